The molecule has 0 N–H and O–H groups in total. The van der Waals surface area contributed by atoms with Gasteiger partial charge in [0.05, 0.1) is 17.6 Å². The van der Waals surface area contributed by atoms with E-state index in [4.69, 9.17) is 39.5 Å². The summed E-state index contributed by atoms with van der Waals surface area (Å²) in [7, 11) is 0. The molecule has 0 unspecified atom stereocenters. The van der Waals surface area contributed by atoms with Gasteiger partial charge in [0.1, 0.15) is 0 Å². The van der Waals surface area contributed by atoms with Crippen LogP contribution in [-0.2, 0) is 0 Å². The Morgan fingerprint density at radius 1 is 1.44 bits per heavy atom. The Bertz CT molecular complexity index is 570. The third-order valence-corrected chi connectivity index (χ3v) is 3.87. The van der Waals surface area contributed by atoms with E-state index in [-0.39, 0.29) is 0 Å². The molecule has 18 heavy (non-hydrogen) atoms. The molecule has 0 aliphatic rings. The maximum Gasteiger partial charge on any atom is 0.308 e. The largest absolute Gasteiger partial charge is 0.464 e. The van der Waals surface area contributed by atoms with E-state index in [1.54, 1.807) is 3.97 Å². The summed E-state index contributed by atoms with van der Waals surface area (Å²) < 4.78 is 6.58. The first-order chi connectivity index (χ1) is 8.40. The molecule has 0 spiro atoms. The van der Waals surface area contributed by atoms with Crippen LogP contribution in [0.4, 0.5) is 0 Å². The lowest BCUT2D eigenvalue weighted by atomic mass is 10.3. The van der Waals surface area contributed by atoms with E-state index in [1.807, 2.05) is 25.1 Å². The highest BCUT2D eigenvalue weighted by Crippen LogP contribution is 2.43. The number of rotatable bonds is 3. The Balaban J connectivity index is 2.55. The van der Waals surface area contributed by atoms with Gasteiger partial charge in [0, 0.05) is 16.4 Å². The molecule has 0 saturated heterocycles. The summed E-state index contributed by atoms with van der Waals surface area (Å²) in [6.07, 6.45) is 0. The zero-order valence-electron chi connectivity index (χ0n) is 9.16. The first-order valence-corrected chi connectivity index (χ1v) is 7.68. The monoisotopic (exact) mass is 388 g/mol. The van der Waals surface area contributed by atoms with Crippen molar-refractivity contribution in [2.24, 2.45) is 0 Å². The molecule has 0 aliphatic heterocycles. The van der Waals surface area contributed by atoms with E-state index in [0.717, 1.165) is 27.5 Å². The normalized spacial score (nSPS) is 12.1. The lowest BCUT2D eigenvalue weighted by Crippen LogP contribution is -2.04. The number of imidazole rings is 1. The van der Waals surface area contributed by atoms with E-state index in [2.05, 4.69) is 20.9 Å². The molecule has 1 aromatic heterocycles. The quantitative estimate of drug-likeness (QED) is 0.689. The fraction of sp³-hybridized carbons (Fsp3) is 0.300. The number of hydrogen-bond acceptors (Lipinski definition) is 3. The summed E-state index contributed by atoms with van der Waals surface area (Å²) in [4.78, 5) is 4.36. The van der Waals surface area contributed by atoms with Crippen molar-refractivity contribution >= 4 is 73.7 Å². The molecule has 8 heteroatoms. The van der Waals surface area contributed by atoms with Crippen LogP contribution in [0.5, 0.6) is 6.01 Å². The van der Waals surface area contributed by atoms with Crippen molar-refractivity contribution in [3.8, 4) is 6.01 Å². The maximum atomic E-state index is 5.81. The summed E-state index contributed by atoms with van der Waals surface area (Å²) in [6.45, 7) is 2.37. The highest BCUT2D eigenvalue weighted by Gasteiger charge is 2.26. The SMILES string of the molecule is CCOc1nc2cc(Br)ccc2n1SC(Cl)(Cl)Cl. The van der Waals surface area contributed by atoms with Crippen LogP contribution in [-0.4, -0.2) is 18.7 Å². The third-order valence-electron chi connectivity index (χ3n) is 2.01. The first-order valence-electron chi connectivity index (χ1n) is 4.97. The standard InChI is InChI=1S/C10H8BrCl3N2OS/c1-2-17-9-15-7-5-6(11)3-4-8(7)16(9)18-10(12,13)14/h3-5H,2H2,1H3. The van der Waals surface area contributed by atoms with Crippen molar-refractivity contribution in [3.63, 3.8) is 0 Å². The Morgan fingerprint density at radius 2 is 2.17 bits per heavy atom. The second-order valence-corrected chi connectivity index (χ2v) is 8.32. The Hall–Kier alpha value is 0.190. The topological polar surface area (TPSA) is 27.1 Å². The van der Waals surface area contributed by atoms with Crippen molar-refractivity contribution in [1.82, 2.24) is 8.96 Å². The summed E-state index contributed by atoms with van der Waals surface area (Å²) in [6, 6.07) is 6.09. The first kappa shape index (κ1) is 14.6. The maximum absolute atomic E-state index is 5.81. The lowest BCUT2D eigenvalue weighted by Gasteiger charge is -2.13. The number of nitrogens with zero attached hydrogens (tertiary/aromatic N) is 2. The van der Waals surface area contributed by atoms with Crippen LogP contribution >= 0.6 is 62.7 Å². The van der Waals surface area contributed by atoms with Crippen LogP contribution < -0.4 is 4.74 Å². The number of alkyl halides is 3. The van der Waals surface area contributed by atoms with Gasteiger partial charge in [-0.05, 0) is 25.1 Å². The number of fused-ring (bicyclic) bond motifs is 1. The predicted octanol–water partition coefficient (Wildman–Crippen LogP) is 5.02. The van der Waals surface area contributed by atoms with Crippen molar-refractivity contribution in [1.29, 1.82) is 0 Å². The Labute approximate surface area is 132 Å². The minimum Gasteiger partial charge on any atom is -0.464 e. The highest BCUT2D eigenvalue weighted by molar-refractivity contribution is 9.10. The Morgan fingerprint density at radius 3 is 2.78 bits per heavy atom. The van der Waals surface area contributed by atoms with Crippen LogP contribution in [0.25, 0.3) is 11.0 Å². The van der Waals surface area contributed by atoms with Crippen LogP contribution in [0.3, 0.4) is 0 Å². The minimum atomic E-state index is -1.48. The van der Waals surface area contributed by atoms with E-state index in [0.29, 0.717) is 12.6 Å². The molecule has 0 amide bonds. The molecule has 2 rings (SSSR count). The summed E-state index contributed by atoms with van der Waals surface area (Å²) in [5, 5.41) is 0. The smallest absolute Gasteiger partial charge is 0.308 e. The fourth-order valence-corrected chi connectivity index (χ4v) is 3.02. The molecule has 0 fully saturated rings. The van der Waals surface area contributed by atoms with Crippen molar-refractivity contribution in [2.75, 3.05) is 6.61 Å². The van der Waals surface area contributed by atoms with Gasteiger partial charge in [0.15, 0.2) is 0 Å². The van der Waals surface area contributed by atoms with Gasteiger partial charge >= 0.3 is 6.01 Å². The molecular weight excluding hydrogens is 382 g/mol. The molecule has 0 atom stereocenters. The number of benzene rings is 1. The number of ether oxygens (including phenoxy) is 1. The van der Waals surface area contributed by atoms with Gasteiger partial charge < -0.3 is 4.74 Å². The molecule has 1 heterocycles. The summed E-state index contributed by atoms with van der Waals surface area (Å²) in [5.74, 6) is 0. The van der Waals surface area contributed by atoms with Crippen LogP contribution in [0.15, 0.2) is 22.7 Å². The summed E-state index contributed by atoms with van der Waals surface area (Å²) in [5.41, 5.74) is 1.60. The fourth-order valence-electron chi connectivity index (χ4n) is 1.42. The van der Waals surface area contributed by atoms with Crippen LogP contribution in [0.1, 0.15) is 6.92 Å². The highest BCUT2D eigenvalue weighted by atomic mass is 79.9. The van der Waals surface area contributed by atoms with Gasteiger partial charge in [-0.3, -0.25) is 0 Å². The van der Waals surface area contributed by atoms with E-state index in [9.17, 15) is 0 Å². The van der Waals surface area contributed by atoms with Crippen molar-refractivity contribution in [2.45, 2.75) is 10.0 Å². The van der Waals surface area contributed by atoms with Crippen LogP contribution in [0, 0.1) is 0 Å². The van der Waals surface area contributed by atoms with E-state index in [1.165, 1.54) is 0 Å². The average Bonchev–Trinajstić information content (AvgIpc) is 2.54. The molecule has 3 nitrogen and oxygen atoms in total. The lowest BCUT2D eigenvalue weighted by molar-refractivity contribution is 0.314. The molecule has 98 valence electrons. The van der Waals surface area contributed by atoms with Gasteiger partial charge in [-0.25, -0.2) is 3.97 Å². The molecule has 0 aliphatic carbocycles. The van der Waals surface area contributed by atoms with Gasteiger partial charge in [0.25, 0.3) is 3.12 Å². The zero-order valence-corrected chi connectivity index (χ0v) is 13.8. The van der Waals surface area contributed by atoms with Gasteiger partial charge in [-0.2, -0.15) is 4.98 Å². The van der Waals surface area contributed by atoms with Crippen molar-refractivity contribution < 1.29 is 4.74 Å². The zero-order chi connectivity index (χ0) is 13.3. The molecule has 1 aromatic carbocycles. The van der Waals surface area contributed by atoms with Crippen LogP contribution in [0.2, 0.25) is 0 Å². The number of hydrogen-bond donors (Lipinski definition) is 0. The number of halogens is 4. The number of aromatic nitrogens is 2. The van der Waals surface area contributed by atoms with Gasteiger partial charge in [-0.15, -0.1) is 0 Å². The predicted molar refractivity (Wildman–Crippen MR) is 81.9 cm³/mol. The second kappa shape index (κ2) is 5.67. The van der Waals surface area contributed by atoms with Crippen molar-refractivity contribution in [3.05, 3.63) is 22.7 Å². The van der Waals surface area contributed by atoms with E-state index >= 15 is 0 Å². The van der Waals surface area contributed by atoms with Gasteiger partial charge in [0.2, 0.25) is 0 Å². The molecule has 0 radical (unpaired) electrons. The van der Waals surface area contributed by atoms with Gasteiger partial charge in [-0.1, -0.05) is 50.7 Å². The third kappa shape index (κ3) is 3.39. The molecule has 0 saturated carbocycles. The average molecular weight is 391 g/mol. The molecule has 0 bridgehead atoms. The summed E-state index contributed by atoms with van der Waals surface area (Å²) >= 11 is 21.8. The second-order valence-electron chi connectivity index (χ2n) is 3.29. The minimum absolute atomic E-state index is 0.418. The Kier molecular flexibility index (Phi) is 4.60. The molecule has 2 aromatic rings. The molecular formula is C10H8BrCl3N2OS. The van der Waals surface area contributed by atoms with E-state index < -0.39 is 3.12 Å².